The van der Waals surface area contributed by atoms with Gasteiger partial charge in [-0.25, -0.2) is 4.98 Å². The van der Waals surface area contributed by atoms with Crippen molar-refractivity contribution in [3.8, 4) is 0 Å². The standard InChI is InChI=1S/C13H12BrN3O2/c1-16(9-10-5-3-2-4-6-10)13-12(17(18)19)7-11(14)8-15-13/h2-8H,9H2,1H3. The number of rotatable bonds is 4. The Morgan fingerprint density at radius 2 is 2.05 bits per heavy atom. The Morgan fingerprint density at radius 3 is 2.68 bits per heavy atom. The van der Waals surface area contributed by atoms with Crippen molar-refractivity contribution < 1.29 is 4.92 Å². The average molecular weight is 322 g/mol. The van der Waals surface area contributed by atoms with Crippen LogP contribution in [0.15, 0.2) is 47.1 Å². The number of halogens is 1. The second kappa shape index (κ2) is 5.79. The van der Waals surface area contributed by atoms with E-state index in [-0.39, 0.29) is 5.69 Å². The third-order valence-corrected chi connectivity index (χ3v) is 3.07. The fourth-order valence-corrected chi connectivity index (χ4v) is 2.10. The highest BCUT2D eigenvalue weighted by molar-refractivity contribution is 9.10. The van der Waals surface area contributed by atoms with Gasteiger partial charge in [0.05, 0.1) is 4.92 Å². The molecule has 1 heterocycles. The van der Waals surface area contributed by atoms with Gasteiger partial charge in [-0.2, -0.15) is 0 Å². The van der Waals surface area contributed by atoms with E-state index in [1.807, 2.05) is 30.3 Å². The zero-order valence-corrected chi connectivity index (χ0v) is 11.9. The summed E-state index contributed by atoms with van der Waals surface area (Å²) in [6.45, 7) is 0.566. The molecule has 0 saturated carbocycles. The van der Waals surface area contributed by atoms with Gasteiger partial charge in [0.25, 0.3) is 0 Å². The van der Waals surface area contributed by atoms with E-state index >= 15 is 0 Å². The van der Waals surface area contributed by atoms with Crippen LogP contribution in [0.1, 0.15) is 5.56 Å². The van der Waals surface area contributed by atoms with Crippen LogP contribution < -0.4 is 4.90 Å². The molecule has 0 aliphatic rings. The van der Waals surface area contributed by atoms with Crippen LogP contribution in [-0.4, -0.2) is 17.0 Å². The van der Waals surface area contributed by atoms with E-state index in [1.165, 1.54) is 6.07 Å². The largest absolute Gasteiger partial charge is 0.350 e. The van der Waals surface area contributed by atoms with Gasteiger partial charge in [-0.05, 0) is 21.5 Å². The molecule has 98 valence electrons. The van der Waals surface area contributed by atoms with Gasteiger partial charge >= 0.3 is 5.69 Å². The Labute approximate surface area is 119 Å². The molecule has 2 rings (SSSR count). The highest BCUT2D eigenvalue weighted by Gasteiger charge is 2.19. The Morgan fingerprint density at radius 1 is 1.37 bits per heavy atom. The maximum atomic E-state index is 11.0. The molecule has 2 aromatic rings. The van der Waals surface area contributed by atoms with Crippen LogP contribution in [0.25, 0.3) is 0 Å². The van der Waals surface area contributed by atoms with Gasteiger partial charge in [-0.1, -0.05) is 30.3 Å². The van der Waals surface area contributed by atoms with Crippen LogP contribution in [0.2, 0.25) is 0 Å². The second-order valence-corrected chi connectivity index (χ2v) is 5.01. The van der Waals surface area contributed by atoms with Crippen molar-refractivity contribution >= 4 is 27.4 Å². The highest BCUT2D eigenvalue weighted by atomic mass is 79.9. The van der Waals surface area contributed by atoms with Crippen molar-refractivity contribution in [1.29, 1.82) is 0 Å². The lowest BCUT2D eigenvalue weighted by molar-refractivity contribution is -0.384. The number of hydrogen-bond acceptors (Lipinski definition) is 4. The summed E-state index contributed by atoms with van der Waals surface area (Å²) in [5.74, 6) is 0.358. The molecule has 0 N–H and O–H groups in total. The molecule has 0 saturated heterocycles. The first-order chi connectivity index (χ1) is 9.08. The zero-order chi connectivity index (χ0) is 13.8. The molecule has 6 heteroatoms. The topological polar surface area (TPSA) is 59.3 Å². The number of pyridine rings is 1. The van der Waals surface area contributed by atoms with Gasteiger partial charge in [-0.3, -0.25) is 10.1 Å². The fourth-order valence-electron chi connectivity index (χ4n) is 1.78. The van der Waals surface area contributed by atoms with Crippen LogP contribution in [0.3, 0.4) is 0 Å². The predicted molar refractivity (Wildman–Crippen MR) is 77.1 cm³/mol. The number of benzene rings is 1. The van der Waals surface area contributed by atoms with Crippen molar-refractivity contribution in [2.24, 2.45) is 0 Å². The lowest BCUT2D eigenvalue weighted by Gasteiger charge is -2.18. The van der Waals surface area contributed by atoms with Gasteiger partial charge in [0.2, 0.25) is 5.82 Å². The Hall–Kier alpha value is -1.95. The summed E-state index contributed by atoms with van der Waals surface area (Å²) in [7, 11) is 1.79. The summed E-state index contributed by atoms with van der Waals surface area (Å²) in [5, 5.41) is 11.0. The van der Waals surface area contributed by atoms with E-state index in [4.69, 9.17) is 0 Å². The monoisotopic (exact) mass is 321 g/mol. The van der Waals surface area contributed by atoms with Gasteiger partial charge in [-0.15, -0.1) is 0 Å². The molecule has 0 spiro atoms. The molecule has 1 aromatic carbocycles. The minimum atomic E-state index is -0.422. The van der Waals surface area contributed by atoms with Gasteiger partial charge in [0.1, 0.15) is 0 Å². The van der Waals surface area contributed by atoms with Crippen molar-refractivity contribution in [2.75, 3.05) is 11.9 Å². The van der Waals surface area contributed by atoms with Gasteiger partial charge in [0, 0.05) is 30.3 Å². The first-order valence-electron chi connectivity index (χ1n) is 5.63. The molecule has 5 nitrogen and oxygen atoms in total. The number of hydrogen-bond donors (Lipinski definition) is 0. The molecule has 0 unspecified atom stereocenters. The number of nitrogens with zero attached hydrogens (tertiary/aromatic N) is 3. The Kier molecular flexibility index (Phi) is 4.11. The SMILES string of the molecule is CN(Cc1ccccc1)c1ncc(Br)cc1[N+](=O)[O-]. The van der Waals surface area contributed by atoms with E-state index in [0.717, 1.165) is 5.56 Å². The molecule has 0 fully saturated rings. The Balaban J connectivity index is 2.28. The quantitative estimate of drug-likeness (QED) is 0.639. The fraction of sp³-hybridized carbons (Fsp3) is 0.154. The van der Waals surface area contributed by atoms with E-state index in [9.17, 15) is 10.1 Å². The third-order valence-electron chi connectivity index (χ3n) is 2.63. The smallest absolute Gasteiger partial charge is 0.312 e. The molecule has 0 aliphatic heterocycles. The minimum absolute atomic E-state index is 0.00666. The predicted octanol–water partition coefficient (Wildman–Crippen LogP) is 3.39. The molecule has 0 atom stereocenters. The normalized spacial score (nSPS) is 10.2. The molecule has 19 heavy (non-hydrogen) atoms. The summed E-state index contributed by atoms with van der Waals surface area (Å²) in [5.41, 5.74) is 1.07. The summed E-state index contributed by atoms with van der Waals surface area (Å²) in [4.78, 5) is 16.5. The van der Waals surface area contributed by atoms with Gasteiger partial charge in [0.15, 0.2) is 0 Å². The summed E-state index contributed by atoms with van der Waals surface area (Å²) in [6.07, 6.45) is 1.56. The van der Waals surface area contributed by atoms with E-state index < -0.39 is 4.92 Å². The molecular formula is C13H12BrN3O2. The van der Waals surface area contributed by atoms with Crippen molar-refractivity contribution in [3.63, 3.8) is 0 Å². The van der Waals surface area contributed by atoms with Crippen LogP contribution in [0.4, 0.5) is 11.5 Å². The molecular weight excluding hydrogens is 310 g/mol. The third kappa shape index (κ3) is 3.29. The summed E-state index contributed by atoms with van der Waals surface area (Å²) >= 11 is 3.20. The van der Waals surface area contributed by atoms with Crippen molar-refractivity contribution in [2.45, 2.75) is 6.54 Å². The number of anilines is 1. The first-order valence-corrected chi connectivity index (χ1v) is 6.42. The Bertz CT molecular complexity index is 590. The molecule has 0 bridgehead atoms. The number of nitro groups is 1. The maximum Gasteiger partial charge on any atom is 0.312 e. The minimum Gasteiger partial charge on any atom is -0.350 e. The summed E-state index contributed by atoms with van der Waals surface area (Å²) < 4.78 is 0.594. The lowest BCUT2D eigenvalue weighted by Crippen LogP contribution is -2.19. The van der Waals surface area contributed by atoms with Crippen molar-refractivity contribution in [1.82, 2.24) is 4.98 Å². The van der Waals surface area contributed by atoms with E-state index in [0.29, 0.717) is 16.8 Å². The molecule has 0 aliphatic carbocycles. The molecule has 0 amide bonds. The van der Waals surface area contributed by atoms with E-state index in [2.05, 4.69) is 20.9 Å². The van der Waals surface area contributed by atoms with Gasteiger partial charge < -0.3 is 4.90 Å². The summed E-state index contributed by atoms with van der Waals surface area (Å²) in [6, 6.07) is 11.2. The molecule has 0 radical (unpaired) electrons. The first kappa shape index (κ1) is 13.5. The lowest BCUT2D eigenvalue weighted by atomic mass is 10.2. The van der Waals surface area contributed by atoms with Crippen LogP contribution in [0, 0.1) is 10.1 Å². The molecule has 1 aromatic heterocycles. The maximum absolute atomic E-state index is 11.0. The zero-order valence-electron chi connectivity index (χ0n) is 10.3. The van der Waals surface area contributed by atoms with Crippen LogP contribution in [0.5, 0.6) is 0 Å². The van der Waals surface area contributed by atoms with Crippen LogP contribution in [-0.2, 0) is 6.54 Å². The average Bonchev–Trinajstić information content (AvgIpc) is 2.39. The second-order valence-electron chi connectivity index (χ2n) is 4.10. The van der Waals surface area contributed by atoms with Crippen molar-refractivity contribution in [3.05, 3.63) is 62.7 Å². The number of aromatic nitrogens is 1. The highest BCUT2D eigenvalue weighted by Crippen LogP contribution is 2.28. The van der Waals surface area contributed by atoms with Crippen LogP contribution >= 0.6 is 15.9 Å². The van der Waals surface area contributed by atoms with E-state index in [1.54, 1.807) is 18.1 Å².